The molecule has 1 aliphatic rings. The Hall–Kier alpha value is -3.19. The summed E-state index contributed by atoms with van der Waals surface area (Å²) in [5, 5.41) is 9.67. The molecule has 0 spiro atoms. The van der Waals surface area contributed by atoms with E-state index in [0.717, 1.165) is 11.3 Å². The Morgan fingerprint density at radius 1 is 1.25 bits per heavy atom. The molecule has 10 heteroatoms. The molecule has 36 heavy (non-hydrogen) atoms. The summed E-state index contributed by atoms with van der Waals surface area (Å²) in [6.45, 7) is 2.10. The molecule has 1 aliphatic heterocycles. The summed E-state index contributed by atoms with van der Waals surface area (Å²) in [4.78, 5) is 24.5. The molecule has 1 amide bonds. The van der Waals surface area contributed by atoms with Crippen molar-refractivity contribution >= 4 is 33.0 Å². The van der Waals surface area contributed by atoms with Crippen LogP contribution in [0.2, 0.25) is 5.02 Å². The van der Waals surface area contributed by atoms with Crippen molar-refractivity contribution in [2.45, 2.75) is 31.8 Å². The van der Waals surface area contributed by atoms with Crippen LogP contribution in [0.4, 0.5) is 5.69 Å². The lowest BCUT2D eigenvalue weighted by Gasteiger charge is -2.44. The number of carbonyl (C=O) groups is 1. The molecule has 1 aromatic heterocycles. The van der Waals surface area contributed by atoms with E-state index in [9.17, 15) is 13.2 Å². The van der Waals surface area contributed by atoms with Crippen LogP contribution in [0.1, 0.15) is 36.2 Å². The van der Waals surface area contributed by atoms with Gasteiger partial charge >= 0.3 is 0 Å². The molecule has 4 rings (SSSR count). The van der Waals surface area contributed by atoms with Crippen LogP contribution in [0.15, 0.2) is 61.1 Å². The third-order valence-corrected chi connectivity index (χ3v) is 8.57. The number of anilines is 1. The molecular formula is C26H28ClN5O3S. The second-order valence-electron chi connectivity index (χ2n) is 8.87. The lowest BCUT2D eigenvalue weighted by atomic mass is 9.97. The Morgan fingerprint density at radius 2 is 2.03 bits per heavy atom. The molecule has 3 aromatic rings. The van der Waals surface area contributed by atoms with Crippen molar-refractivity contribution in [3.63, 3.8) is 0 Å². The highest BCUT2D eigenvalue weighted by atomic mass is 35.5. The van der Waals surface area contributed by atoms with Crippen molar-refractivity contribution in [1.82, 2.24) is 14.9 Å². The Morgan fingerprint density at radius 3 is 2.67 bits per heavy atom. The number of H-pyrrole nitrogens is 1. The maximum atomic E-state index is 13.4. The molecule has 188 valence electrons. The van der Waals surface area contributed by atoms with Gasteiger partial charge < -0.3 is 9.88 Å². The fourth-order valence-corrected chi connectivity index (χ4v) is 5.66. The number of imidazole rings is 1. The van der Waals surface area contributed by atoms with E-state index in [1.807, 2.05) is 18.2 Å². The molecule has 0 aliphatic carbocycles. The number of nitrogens with one attached hydrogen (secondary N) is 1. The number of carbonyl (C=O) groups excluding carboxylic acids is 1. The number of hydrogen-bond donors (Lipinski definition) is 1. The van der Waals surface area contributed by atoms with Crippen molar-refractivity contribution in [3.8, 4) is 6.07 Å². The zero-order valence-corrected chi connectivity index (χ0v) is 21.5. The Labute approximate surface area is 216 Å². The van der Waals surface area contributed by atoms with Gasteiger partial charge in [-0.25, -0.2) is 13.4 Å². The normalized spacial score (nSPS) is 17.6. The summed E-state index contributed by atoms with van der Waals surface area (Å²) in [5.74, 6) is 0.0249. The number of rotatable bonds is 9. The average Bonchev–Trinajstić information content (AvgIpc) is 3.41. The first-order valence-corrected chi connectivity index (χ1v) is 14.0. The third kappa shape index (κ3) is 6.13. The van der Waals surface area contributed by atoms with Crippen molar-refractivity contribution in [1.29, 1.82) is 5.26 Å². The third-order valence-electron chi connectivity index (χ3n) is 6.59. The van der Waals surface area contributed by atoms with Crippen molar-refractivity contribution < 1.29 is 13.2 Å². The van der Waals surface area contributed by atoms with Crippen LogP contribution in [0, 0.1) is 11.3 Å². The highest BCUT2D eigenvalue weighted by molar-refractivity contribution is 7.91. The first-order chi connectivity index (χ1) is 17.3. The van der Waals surface area contributed by atoms with Crippen LogP contribution in [-0.4, -0.2) is 59.8 Å². The van der Waals surface area contributed by atoms with Gasteiger partial charge in [0.15, 0.2) is 0 Å². The van der Waals surface area contributed by atoms with E-state index in [1.54, 1.807) is 54.7 Å². The van der Waals surface area contributed by atoms with E-state index in [1.165, 1.54) is 0 Å². The quantitative estimate of drug-likeness (QED) is 0.455. The predicted molar refractivity (Wildman–Crippen MR) is 139 cm³/mol. The molecular weight excluding hydrogens is 498 g/mol. The predicted octanol–water partition coefficient (Wildman–Crippen LogP) is 3.76. The van der Waals surface area contributed by atoms with Gasteiger partial charge in [-0.1, -0.05) is 36.7 Å². The van der Waals surface area contributed by atoms with Gasteiger partial charge in [-0.2, -0.15) is 5.26 Å². The fourth-order valence-electron chi connectivity index (χ4n) is 4.56. The van der Waals surface area contributed by atoms with Gasteiger partial charge in [0.25, 0.3) is 0 Å². The largest absolute Gasteiger partial charge is 0.347 e. The topological polar surface area (TPSA) is 110 Å². The van der Waals surface area contributed by atoms with E-state index in [2.05, 4.69) is 20.9 Å². The molecule has 2 aromatic carbocycles. The summed E-state index contributed by atoms with van der Waals surface area (Å²) < 4.78 is 24.8. The summed E-state index contributed by atoms with van der Waals surface area (Å²) in [7, 11) is -3.19. The maximum absolute atomic E-state index is 13.4. The molecule has 0 bridgehead atoms. The minimum atomic E-state index is -3.19. The number of halogens is 1. The van der Waals surface area contributed by atoms with E-state index in [4.69, 9.17) is 16.9 Å². The number of nitriles is 1. The van der Waals surface area contributed by atoms with Gasteiger partial charge in [-0.05, 0) is 48.7 Å². The molecule has 1 N–H and O–H groups in total. The molecule has 2 unspecified atom stereocenters. The Bertz CT molecular complexity index is 1340. The van der Waals surface area contributed by atoms with Crippen molar-refractivity contribution in [2.24, 2.45) is 0 Å². The second kappa shape index (κ2) is 11.2. The highest BCUT2D eigenvalue weighted by Crippen LogP contribution is 2.32. The second-order valence-corrected chi connectivity index (χ2v) is 11.8. The van der Waals surface area contributed by atoms with E-state index >= 15 is 0 Å². The van der Waals surface area contributed by atoms with Gasteiger partial charge in [0.05, 0.1) is 42.0 Å². The van der Waals surface area contributed by atoms with E-state index in [0.29, 0.717) is 35.7 Å². The lowest BCUT2D eigenvalue weighted by molar-refractivity contribution is -0.123. The molecule has 1 saturated heterocycles. The zero-order valence-electron chi connectivity index (χ0n) is 20.0. The molecule has 1 fully saturated rings. The van der Waals surface area contributed by atoms with Crippen LogP contribution in [0.5, 0.6) is 0 Å². The lowest BCUT2D eigenvalue weighted by Crippen LogP contribution is -2.58. The molecule has 0 saturated carbocycles. The number of aromatic amines is 1. The highest BCUT2D eigenvalue weighted by Gasteiger charge is 2.38. The standard InChI is InChI=1S/C26H28ClN5O3S/c1-2-36(34,35)11-10-23-16-32(22-5-3-4-21(27)13-22)26(33)17-31(23)25(24-15-29-18-30-24)12-19-6-8-20(14-28)9-7-19/h3-9,13,15,18,23,25H,2,10-12,16-17H2,1H3,(H,29,30). The minimum absolute atomic E-state index is 0.0365. The Balaban J connectivity index is 1.67. The van der Waals surface area contributed by atoms with E-state index in [-0.39, 0.29) is 36.0 Å². The van der Waals surface area contributed by atoms with Crippen LogP contribution in [0.25, 0.3) is 0 Å². The van der Waals surface area contributed by atoms with Gasteiger partial charge in [-0.3, -0.25) is 9.69 Å². The number of piperazine rings is 1. The van der Waals surface area contributed by atoms with Crippen LogP contribution >= 0.6 is 11.6 Å². The number of sulfone groups is 1. The number of aromatic nitrogens is 2. The summed E-state index contributed by atoms with van der Waals surface area (Å²) >= 11 is 6.19. The summed E-state index contributed by atoms with van der Waals surface area (Å²) in [5.41, 5.74) is 3.11. The molecule has 2 atom stereocenters. The zero-order chi connectivity index (χ0) is 25.7. The Kier molecular flexibility index (Phi) is 8.09. The first-order valence-electron chi connectivity index (χ1n) is 11.8. The fraction of sp³-hybridized carbons (Fsp3) is 0.346. The first kappa shape index (κ1) is 25.9. The number of hydrogen-bond acceptors (Lipinski definition) is 6. The number of nitrogens with zero attached hydrogens (tertiary/aromatic N) is 4. The molecule has 0 radical (unpaired) electrons. The van der Waals surface area contributed by atoms with Crippen LogP contribution in [-0.2, 0) is 21.1 Å². The summed E-state index contributed by atoms with van der Waals surface area (Å²) in [6.07, 6.45) is 4.29. The van der Waals surface area contributed by atoms with Crippen LogP contribution in [0.3, 0.4) is 0 Å². The van der Waals surface area contributed by atoms with Crippen molar-refractivity contribution in [2.75, 3.05) is 29.5 Å². The maximum Gasteiger partial charge on any atom is 0.241 e. The smallest absolute Gasteiger partial charge is 0.241 e. The van der Waals surface area contributed by atoms with Gasteiger partial charge in [0.2, 0.25) is 5.91 Å². The van der Waals surface area contributed by atoms with Gasteiger partial charge in [0.1, 0.15) is 9.84 Å². The molecule has 8 nitrogen and oxygen atoms in total. The number of amides is 1. The summed E-state index contributed by atoms with van der Waals surface area (Å²) in [6, 6.07) is 16.2. The average molecular weight is 526 g/mol. The molecule has 2 heterocycles. The van der Waals surface area contributed by atoms with Gasteiger partial charge in [-0.15, -0.1) is 0 Å². The van der Waals surface area contributed by atoms with Crippen LogP contribution < -0.4 is 4.90 Å². The SMILES string of the molecule is CCS(=O)(=O)CCC1CN(c2cccc(Cl)c2)C(=O)CN1C(Cc1ccc(C#N)cc1)c1cnc[nH]1. The monoisotopic (exact) mass is 525 g/mol. The number of benzene rings is 2. The van der Waals surface area contributed by atoms with Gasteiger partial charge in [0, 0.05) is 35.2 Å². The van der Waals surface area contributed by atoms with Crippen molar-refractivity contribution in [3.05, 3.63) is 82.9 Å². The van der Waals surface area contributed by atoms with E-state index < -0.39 is 9.84 Å². The minimum Gasteiger partial charge on any atom is -0.347 e.